The van der Waals surface area contributed by atoms with E-state index < -0.39 is 0 Å². The largest absolute Gasteiger partial charge is 0.370 e. The number of thiazole rings is 1. The van der Waals surface area contributed by atoms with Gasteiger partial charge < -0.3 is 10.2 Å². The highest BCUT2D eigenvalue weighted by Gasteiger charge is 2.10. The van der Waals surface area contributed by atoms with E-state index >= 15 is 0 Å². The van der Waals surface area contributed by atoms with Crippen LogP contribution >= 0.6 is 11.3 Å². The fourth-order valence-corrected chi connectivity index (χ4v) is 2.85. The van der Waals surface area contributed by atoms with Crippen molar-refractivity contribution in [3.8, 4) is 0 Å². The normalized spacial score (nSPS) is 17.6. The molecule has 0 atom stereocenters. The van der Waals surface area contributed by atoms with Crippen molar-refractivity contribution in [1.29, 1.82) is 0 Å². The van der Waals surface area contributed by atoms with Gasteiger partial charge in [-0.1, -0.05) is 0 Å². The first-order valence-electron chi connectivity index (χ1n) is 5.72. The van der Waals surface area contributed by atoms with Gasteiger partial charge in [0, 0.05) is 25.3 Å². The minimum absolute atomic E-state index is 1.08. The lowest BCUT2D eigenvalue weighted by Crippen LogP contribution is -2.27. The second-order valence-electron chi connectivity index (χ2n) is 4.09. The maximum absolute atomic E-state index is 4.31. The van der Waals surface area contributed by atoms with Crippen LogP contribution in [0.25, 0.3) is 10.2 Å². The van der Waals surface area contributed by atoms with Crippen LogP contribution in [0.2, 0.25) is 0 Å². The zero-order chi connectivity index (χ0) is 10.8. The fourth-order valence-electron chi connectivity index (χ4n) is 2.14. The molecule has 1 N–H and O–H groups in total. The molecule has 1 saturated heterocycles. The van der Waals surface area contributed by atoms with Crippen molar-refractivity contribution in [3.63, 3.8) is 0 Å². The van der Waals surface area contributed by atoms with Gasteiger partial charge in [0.1, 0.15) is 0 Å². The van der Waals surface area contributed by atoms with Gasteiger partial charge in [0.05, 0.1) is 15.7 Å². The summed E-state index contributed by atoms with van der Waals surface area (Å²) in [4.78, 5) is 6.77. The molecule has 1 aromatic heterocycles. The van der Waals surface area contributed by atoms with E-state index in [1.807, 2.05) is 5.51 Å². The third-order valence-electron chi connectivity index (χ3n) is 3.02. The molecule has 84 valence electrons. The molecular weight excluding hydrogens is 218 g/mol. The molecule has 0 spiro atoms. The smallest absolute Gasteiger partial charge is 0.0813 e. The van der Waals surface area contributed by atoms with Crippen molar-refractivity contribution in [2.45, 2.75) is 6.42 Å². The summed E-state index contributed by atoms with van der Waals surface area (Å²) in [6.45, 7) is 4.47. The molecule has 3 nitrogen and oxygen atoms in total. The summed E-state index contributed by atoms with van der Waals surface area (Å²) in [6.07, 6.45) is 1.22. The molecule has 1 aliphatic rings. The Kier molecular flexibility index (Phi) is 2.76. The number of nitrogens with one attached hydrogen (secondary N) is 1. The summed E-state index contributed by atoms with van der Waals surface area (Å²) < 4.78 is 1.29. The Bertz CT molecular complexity index is 472. The van der Waals surface area contributed by atoms with Crippen LogP contribution < -0.4 is 10.2 Å². The van der Waals surface area contributed by atoms with E-state index in [0.717, 1.165) is 31.7 Å². The van der Waals surface area contributed by atoms with Crippen LogP contribution in [-0.2, 0) is 0 Å². The summed E-state index contributed by atoms with van der Waals surface area (Å²) >= 11 is 1.72. The van der Waals surface area contributed by atoms with E-state index in [2.05, 4.69) is 33.4 Å². The molecule has 2 heterocycles. The first-order chi connectivity index (χ1) is 7.93. The molecule has 0 saturated carbocycles. The van der Waals surface area contributed by atoms with Gasteiger partial charge in [-0.3, -0.25) is 0 Å². The van der Waals surface area contributed by atoms with Crippen LogP contribution in [0.15, 0.2) is 23.7 Å². The van der Waals surface area contributed by atoms with E-state index in [0.29, 0.717) is 0 Å². The highest BCUT2D eigenvalue weighted by atomic mass is 32.1. The molecule has 4 heteroatoms. The van der Waals surface area contributed by atoms with Gasteiger partial charge in [-0.15, -0.1) is 11.3 Å². The highest BCUT2D eigenvalue weighted by Crippen LogP contribution is 2.24. The SMILES string of the molecule is c1nc2ccc(N3CCCNCC3)cc2s1. The Morgan fingerprint density at radius 1 is 1.25 bits per heavy atom. The predicted octanol–water partition coefficient (Wildman–Crippen LogP) is 2.10. The summed E-state index contributed by atoms with van der Waals surface area (Å²) in [5, 5.41) is 3.43. The van der Waals surface area contributed by atoms with Crippen LogP contribution in [0, 0.1) is 0 Å². The third-order valence-corrected chi connectivity index (χ3v) is 3.81. The van der Waals surface area contributed by atoms with Crippen LogP contribution in [0.1, 0.15) is 6.42 Å². The number of nitrogens with zero attached hydrogens (tertiary/aromatic N) is 2. The van der Waals surface area contributed by atoms with Crippen molar-refractivity contribution in [2.75, 3.05) is 31.1 Å². The second kappa shape index (κ2) is 4.39. The van der Waals surface area contributed by atoms with Crippen molar-refractivity contribution >= 4 is 27.2 Å². The summed E-state index contributed by atoms with van der Waals surface area (Å²) in [5.41, 5.74) is 4.36. The average molecular weight is 233 g/mol. The Labute approximate surface area is 99.1 Å². The van der Waals surface area contributed by atoms with Gasteiger partial charge in [-0.25, -0.2) is 4.98 Å². The topological polar surface area (TPSA) is 28.2 Å². The number of rotatable bonds is 1. The second-order valence-corrected chi connectivity index (χ2v) is 4.98. The first kappa shape index (κ1) is 10.1. The van der Waals surface area contributed by atoms with E-state index in [1.165, 1.54) is 16.8 Å². The molecule has 0 aliphatic carbocycles. The molecule has 0 bridgehead atoms. The van der Waals surface area contributed by atoms with Crippen LogP contribution in [0.5, 0.6) is 0 Å². The molecular formula is C12H15N3S. The number of hydrogen-bond donors (Lipinski definition) is 1. The van der Waals surface area contributed by atoms with E-state index in [-0.39, 0.29) is 0 Å². The molecule has 0 unspecified atom stereocenters. The quantitative estimate of drug-likeness (QED) is 0.817. The van der Waals surface area contributed by atoms with Crippen LogP contribution in [0.3, 0.4) is 0 Å². The standard InChI is InChI=1S/C12H15N3S/c1-4-13-5-7-15(6-1)10-2-3-11-12(8-10)16-9-14-11/h2-3,8-9,13H,1,4-7H2. The van der Waals surface area contributed by atoms with Crippen molar-refractivity contribution in [3.05, 3.63) is 23.7 Å². The Morgan fingerprint density at radius 2 is 2.25 bits per heavy atom. The van der Waals surface area contributed by atoms with Crippen LogP contribution in [0.4, 0.5) is 5.69 Å². The summed E-state index contributed by atoms with van der Waals surface area (Å²) in [7, 11) is 0. The van der Waals surface area contributed by atoms with Gasteiger partial charge in [-0.2, -0.15) is 0 Å². The number of hydrogen-bond acceptors (Lipinski definition) is 4. The molecule has 0 amide bonds. The van der Waals surface area contributed by atoms with E-state index in [4.69, 9.17) is 0 Å². The van der Waals surface area contributed by atoms with Gasteiger partial charge in [-0.05, 0) is 31.2 Å². The van der Waals surface area contributed by atoms with Crippen molar-refractivity contribution < 1.29 is 0 Å². The summed E-state index contributed by atoms with van der Waals surface area (Å²) in [5.74, 6) is 0. The molecule has 1 fully saturated rings. The van der Waals surface area contributed by atoms with Gasteiger partial charge in [0.25, 0.3) is 0 Å². The lowest BCUT2D eigenvalue weighted by molar-refractivity contribution is 0.724. The number of benzene rings is 1. The maximum Gasteiger partial charge on any atom is 0.0813 e. The maximum atomic E-state index is 4.31. The lowest BCUT2D eigenvalue weighted by atomic mass is 10.2. The van der Waals surface area contributed by atoms with E-state index in [9.17, 15) is 0 Å². The third kappa shape index (κ3) is 1.90. The summed E-state index contributed by atoms with van der Waals surface area (Å²) in [6, 6.07) is 6.57. The molecule has 0 radical (unpaired) electrons. The predicted molar refractivity (Wildman–Crippen MR) is 69.3 cm³/mol. The van der Waals surface area contributed by atoms with Gasteiger partial charge in [0.2, 0.25) is 0 Å². The molecule has 3 rings (SSSR count). The van der Waals surface area contributed by atoms with Gasteiger partial charge in [0.15, 0.2) is 0 Å². The Morgan fingerprint density at radius 3 is 3.25 bits per heavy atom. The number of aromatic nitrogens is 1. The Hall–Kier alpha value is -1.13. The van der Waals surface area contributed by atoms with Crippen molar-refractivity contribution in [1.82, 2.24) is 10.3 Å². The van der Waals surface area contributed by atoms with Crippen molar-refractivity contribution in [2.24, 2.45) is 0 Å². The molecule has 2 aromatic rings. The Balaban J connectivity index is 1.91. The highest BCUT2D eigenvalue weighted by molar-refractivity contribution is 7.16. The first-order valence-corrected chi connectivity index (χ1v) is 6.60. The molecule has 1 aromatic carbocycles. The molecule has 1 aliphatic heterocycles. The minimum atomic E-state index is 1.08. The zero-order valence-corrected chi connectivity index (χ0v) is 9.96. The monoisotopic (exact) mass is 233 g/mol. The zero-order valence-electron chi connectivity index (χ0n) is 9.15. The lowest BCUT2D eigenvalue weighted by Gasteiger charge is -2.22. The van der Waals surface area contributed by atoms with E-state index in [1.54, 1.807) is 11.3 Å². The molecule has 16 heavy (non-hydrogen) atoms. The number of fused-ring (bicyclic) bond motifs is 1. The average Bonchev–Trinajstić information content (AvgIpc) is 2.61. The fraction of sp³-hybridized carbons (Fsp3) is 0.417. The van der Waals surface area contributed by atoms with Gasteiger partial charge >= 0.3 is 0 Å². The van der Waals surface area contributed by atoms with Crippen LogP contribution in [-0.4, -0.2) is 31.2 Å². The number of anilines is 1. The minimum Gasteiger partial charge on any atom is -0.370 e.